The maximum atomic E-state index is 12.8. The van der Waals surface area contributed by atoms with Crippen molar-refractivity contribution in [3.8, 4) is 5.75 Å². The fourth-order valence-corrected chi connectivity index (χ4v) is 2.32. The number of hydrogen-bond donors (Lipinski definition) is 1. The molecule has 0 fully saturated rings. The van der Waals surface area contributed by atoms with Crippen molar-refractivity contribution in [3.63, 3.8) is 0 Å². The van der Waals surface area contributed by atoms with Crippen molar-refractivity contribution in [3.05, 3.63) is 53.6 Å². The molecule has 0 aromatic carbocycles. The van der Waals surface area contributed by atoms with E-state index < -0.39 is 0 Å². The zero-order valence-electron chi connectivity index (χ0n) is 12.3. The third-order valence-corrected chi connectivity index (χ3v) is 3.37. The second-order valence-electron chi connectivity index (χ2n) is 4.76. The van der Waals surface area contributed by atoms with Gasteiger partial charge in [-0.05, 0) is 17.7 Å². The van der Waals surface area contributed by atoms with Crippen molar-refractivity contribution in [2.24, 2.45) is 0 Å². The summed E-state index contributed by atoms with van der Waals surface area (Å²) < 4.78 is 10.3. The van der Waals surface area contributed by atoms with Crippen molar-refractivity contribution in [2.75, 3.05) is 14.2 Å². The molecule has 1 N–H and O–H groups in total. The van der Waals surface area contributed by atoms with Crippen molar-refractivity contribution in [1.82, 2.24) is 15.0 Å². The predicted molar refractivity (Wildman–Crippen MR) is 81.0 cm³/mol. The molecule has 0 spiro atoms. The summed E-state index contributed by atoms with van der Waals surface area (Å²) in [5.74, 6) is 0.229. The number of nitrogens with zero attached hydrogens (tertiary/aromatic N) is 2. The largest absolute Gasteiger partial charge is 0.494 e. The molecule has 0 aliphatic rings. The van der Waals surface area contributed by atoms with Gasteiger partial charge in [0.05, 0.1) is 25.5 Å². The fourth-order valence-electron chi connectivity index (χ4n) is 2.32. The first-order chi connectivity index (χ1) is 10.7. The minimum atomic E-state index is -0.201. The number of carbonyl (C=O) groups is 1. The molecule has 3 aromatic heterocycles. The van der Waals surface area contributed by atoms with E-state index >= 15 is 0 Å². The molecule has 0 radical (unpaired) electrons. The Balaban J connectivity index is 2.06. The van der Waals surface area contributed by atoms with Crippen LogP contribution in [0.25, 0.3) is 11.0 Å². The van der Waals surface area contributed by atoms with Gasteiger partial charge in [0.1, 0.15) is 17.1 Å². The Bertz CT molecular complexity index is 809. The average molecular weight is 297 g/mol. The van der Waals surface area contributed by atoms with Gasteiger partial charge in [0.2, 0.25) is 5.78 Å². The number of hydrogen-bond acceptors (Lipinski definition) is 5. The highest BCUT2D eigenvalue weighted by molar-refractivity contribution is 6.16. The first-order valence-electron chi connectivity index (χ1n) is 6.73. The molecule has 0 saturated heterocycles. The van der Waals surface area contributed by atoms with Crippen LogP contribution < -0.4 is 4.74 Å². The predicted octanol–water partition coefficient (Wildman–Crippen LogP) is 2.34. The SMILES string of the molecule is COCc1ccc(C(=O)c2c(OC)cnc3[nH]ccc23)nc1. The number of aromatic amines is 1. The summed E-state index contributed by atoms with van der Waals surface area (Å²) in [4.78, 5) is 24.2. The van der Waals surface area contributed by atoms with Gasteiger partial charge in [-0.3, -0.25) is 9.78 Å². The zero-order chi connectivity index (χ0) is 15.5. The van der Waals surface area contributed by atoms with E-state index in [2.05, 4.69) is 15.0 Å². The third kappa shape index (κ3) is 2.44. The highest BCUT2D eigenvalue weighted by Crippen LogP contribution is 2.27. The summed E-state index contributed by atoms with van der Waals surface area (Å²) in [6, 6.07) is 5.32. The van der Waals surface area contributed by atoms with Crippen LogP contribution in [0.5, 0.6) is 5.75 Å². The Kier molecular flexibility index (Phi) is 3.84. The van der Waals surface area contributed by atoms with Gasteiger partial charge in [0, 0.05) is 24.9 Å². The van der Waals surface area contributed by atoms with Gasteiger partial charge in [0.25, 0.3) is 0 Å². The van der Waals surface area contributed by atoms with E-state index in [1.54, 1.807) is 31.6 Å². The van der Waals surface area contributed by atoms with Crippen LogP contribution in [0.2, 0.25) is 0 Å². The lowest BCUT2D eigenvalue weighted by Gasteiger charge is -2.08. The molecule has 0 saturated carbocycles. The molecular formula is C16H15N3O3. The van der Waals surface area contributed by atoms with Crippen LogP contribution in [0.15, 0.2) is 36.8 Å². The maximum Gasteiger partial charge on any atom is 0.215 e. The molecular weight excluding hydrogens is 282 g/mol. The summed E-state index contributed by atoms with van der Waals surface area (Å²) in [5, 5.41) is 0.715. The molecule has 0 bridgehead atoms. The number of methoxy groups -OCH3 is 2. The summed E-state index contributed by atoms with van der Waals surface area (Å²) in [7, 11) is 3.13. The number of carbonyl (C=O) groups excluding carboxylic acids is 1. The quantitative estimate of drug-likeness (QED) is 0.731. The molecule has 0 aliphatic carbocycles. The number of H-pyrrole nitrogens is 1. The van der Waals surface area contributed by atoms with Crippen molar-refractivity contribution >= 4 is 16.8 Å². The molecule has 0 amide bonds. The summed E-state index contributed by atoms with van der Waals surface area (Å²) in [5.41, 5.74) is 2.36. The van der Waals surface area contributed by atoms with Gasteiger partial charge in [-0.1, -0.05) is 6.07 Å². The molecule has 6 heteroatoms. The van der Waals surface area contributed by atoms with E-state index in [1.165, 1.54) is 13.3 Å². The molecule has 3 aromatic rings. The summed E-state index contributed by atoms with van der Waals surface area (Å²) >= 11 is 0. The standard InChI is InChI=1S/C16H15N3O3/c1-21-9-10-3-4-12(18-7-10)15(20)14-11-5-6-17-16(11)19-8-13(14)22-2/h3-8H,9H2,1-2H3,(H,17,19). The van der Waals surface area contributed by atoms with Gasteiger partial charge in [0.15, 0.2) is 0 Å². The molecule has 22 heavy (non-hydrogen) atoms. The monoisotopic (exact) mass is 297 g/mol. The van der Waals surface area contributed by atoms with Crippen LogP contribution in [0.1, 0.15) is 21.6 Å². The van der Waals surface area contributed by atoms with Crippen LogP contribution in [0, 0.1) is 0 Å². The Morgan fingerprint density at radius 2 is 2.05 bits per heavy atom. The van der Waals surface area contributed by atoms with E-state index in [4.69, 9.17) is 9.47 Å². The van der Waals surface area contributed by atoms with Gasteiger partial charge in [-0.2, -0.15) is 0 Å². The zero-order valence-corrected chi connectivity index (χ0v) is 12.3. The third-order valence-electron chi connectivity index (χ3n) is 3.37. The van der Waals surface area contributed by atoms with Crippen LogP contribution in [-0.2, 0) is 11.3 Å². The smallest absolute Gasteiger partial charge is 0.215 e. The van der Waals surface area contributed by atoms with Crippen LogP contribution in [0.3, 0.4) is 0 Å². The number of ketones is 1. The van der Waals surface area contributed by atoms with Gasteiger partial charge in [-0.15, -0.1) is 0 Å². The van der Waals surface area contributed by atoms with Gasteiger partial charge in [-0.25, -0.2) is 4.98 Å². The van der Waals surface area contributed by atoms with Crippen LogP contribution in [-0.4, -0.2) is 35.0 Å². The second-order valence-corrected chi connectivity index (χ2v) is 4.76. The molecule has 3 rings (SSSR count). The molecule has 0 aliphatic heterocycles. The minimum absolute atomic E-state index is 0.201. The number of pyridine rings is 2. The van der Waals surface area contributed by atoms with Crippen LogP contribution >= 0.6 is 0 Å². The van der Waals surface area contributed by atoms with Crippen LogP contribution in [0.4, 0.5) is 0 Å². The first kappa shape index (κ1) is 14.2. The van der Waals surface area contributed by atoms with E-state index in [0.29, 0.717) is 34.6 Å². The highest BCUT2D eigenvalue weighted by atomic mass is 16.5. The maximum absolute atomic E-state index is 12.8. The van der Waals surface area contributed by atoms with E-state index in [-0.39, 0.29) is 5.78 Å². The number of rotatable bonds is 5. The lowest BCUT2D eigenvalue weighted by molar-refractivity contribution is 0.103. The molecule has 6 nitrogen and oxygen atoms in total. The first-order valence-corrected chi connectivity index (χ1v) is 6.73. The summed E-state index contributed by atoms with van der Waals surface area (Å²) in [6.07, 6.45) is 4.91. The average Bonchev–Trinajstić information content (AvgIpc) is 3.02. The van der Waals surface area contributed by atoms with E-state index in [9.17, 15) is 4.79 Å². The minimum Gasteiger partial charge on any atom is -0.494 e. The Morgan fingerprint density at radius 3 is 2.73 bits per heavy atom. The molecule has 0 atom stereocenters. The lowest BCUT2D eigenvalue weighted by Crippen LogP contribution is -2.07. The molecule has 112 valence electrons. The van der Waals surface area contributed by atoms with Crippen molar-refractivity contribution in [2.45, 2.75) is 6.61 Å². The van der Waals surface area contributed by atoms with Gasteiger partial charge >= 0.3 is 0 Å². The highest BCUT2D eigenvalue weighted by Gasteiger charge is 2.20. The Morgan fingerprint density at radius 1 is 1.18 bits per heavy atom. The fraction of sp³-hybridized carbons (Fsp3) is 0.188. The topological polar surface area (TPSA) is 77.1 Å². The normalized spacial score (nSPS) is 10.8. The van der Waals surface area contributed by atoms with E-state index in [1.807, 2.05) is 6.07 Å². The molecule has 0 unspecified atom stereocenters. The Labute approximate surface area is 127 Å². The number of ether oxygens (including phenoxy) is 2. The van der Waals surface area contributed by atoms with E-state index in [0.717, 1.165) is 5.56 Å². The number of nitrogens with one attached hydrogen (secondary N) is 1. The number of aromatic nitrogens is 3. The second kappa shape index (κ2) is 5.95. The summed E-state index contributed by atoms with van der Waals surface area (Å²) in [6.45, 7) is 0.460. The number of fused-ring (bicyclic) bond motifs is 1. The molecule has 3 heterocycles. The van der Waals surface area contributed by atoms with Gasteiger partial charge < -0.3 is 14.5 Å². The van der Waals surface area contributed by atoms with Crippen molar-refractivity contribution in [1.29, 1.82) is 0 Å². The van der Waals surface area contributed by atoms with Crippen molar-refractivity contribution < 1.29 is 14.3 Å². The Hall–Kier alpha value is -2.73. The lowest BCUT2D eigenvalue weighted by atomic mass is 10.0.